The van der Waals surface area contributed by atoms with Crippen molar-refractivity contribution in [2.24, 2.45) is 0 Å². The minimum Gasteiger partial charge on any atom is -0.456 e. The van der Waals surface area contributed by atoms with Gasteiger partial charge >= 0.3 is 23.0 Å². The van der Waals surface area contributed by atoms with Gasteiger partial charge in [0.05, 0.1) is 0 Å². The molecule has 0 aromatic heterocycles. The van der Waals surface area contributed by atoms with E-state index in [1.54, 1.807) is 6.92 Å². The Morgan fingerprint density at radius 1 is 1.29 bits per heavy atom. The summed E-state index contributed by atoms with van der Waals surface area (Å²) in [6.45, 7) is 7.31. The first-order valence-electron chi connectivity index (χ1n) is 6.90. The van der Waals surface area contributed by atoms with Crippen LogP contribution in [0.2, 0.25) is 0 Å². The average Bonchev–Trinajstić information content (AvgIpc) is 3.13. The van der Waals surface area contributed by atoms with Crippen LogP contribution in [0.15, 0.2) is 66.7 Å². The predicted octanol–water partition coefficient (Wildman–Crippen LogP) is 4.77. The standard InChI is InChI=1S/C13H17O2.C5H5.Fe/c1-4-7-12(11-8-5-6-9-11)15-13(14)10(2)3;1-2-4-5-3-1;/h5-6,8-9,12H,2,4,7H2,1,3H3;1-5H;/q2*-1;+2. The van der Waals surface area contributed by atoms with E-state index in [1.165, 1.54) is 0 Å². The van der Waals surface area contributed by atoms with Crippen LogP contribution in [-0.2, 0) is 26.6 Å². The minimum atomic E-state index is -0.311. The first-order valence-corrected chi connectivity index (χ1v) is 6.90. The molecule has 0 aliphatic rings. The topological polar surface area (TPSA) is 26.3 Å². The van der Waals surface area contributed by atoms with Crippen LogP contribution in [0.4, 0.5) is 0 Å². The fourth-order valence-electron chi connectivity index (χ4n) is 1.71. The molecule has 0 bridgehead atoms. The van der Waals surface area contributed by atoms with E-state index in [-0.39, 0.29) is 29.1 Å². The molecule has 0 N–H and O–H groups in total. The number of rotatable bonds is 5. The third-order valence-corrected chi connectivity index (χ3v) is 2.76. The van der Waals surface area contributed by atoms with Crippen molar-refractivity contribution < 1.29 is 26.6 Å². The van der Waals surface area contributed by atoms with E-state index >= 15 is 0 Å². The Labute approximate surface area is 138 Å². The van der Waals surface area contributed by atoms with Crippen LogP contribution in [0, 0.1) is 0 Å². The van der Waals surface area contributed by atoms with Crippen molar-refractivity contribution >= 4 is 5.97 Å². The molecular formula is C18H22FeO2. The van der Waals surface area contributed by atoms with Crippen LogP contribution in [0.1, 0.15) is 38.4 Å². The van der Waals surface area contributed by atoms with Crippen molar-refractivity contribution in [2.75, 3.05) is 0 Å². The fraction of sp³-hybridized carbons (Fsp3) is 0.278. The SMILES string of the molecule is C=C(C)C(=O)OC(CCC)c1ccc[cH-]1.[Fe+2].c1cc[cH-]c1. The Hall–Kier alpha value is -1.57. The van der Waals surface area contributed by atoms with Gasteiger partial charge in [0.15, 0.2) is 0 Å². The average molecular weight is 326 g/mol. The fourth-order valence-corrected chi connectivity index (χ4v) is 1.71. The number of hydrogen-bond donors (Lipinski definition) is 0. The Balaban J connectivity index is 0.000000562. The van der Waals surface area contributed by atoms with Crippen LogP contribution in [0.25, 0.3) is 0 Å². The van der Waals surface area contributed by atoms with Crippen LogP contribution in [-0.4, -0.2) is 5.97 Å². The molecule has 0 saturated carbocycles. The number of esters is 1. The molecule has 2 aromatic rings. The van der Waals surface area contributed by atoms with E-state index in [2.05, 4.69) is 13.5 Å². The zero-order chi connectivity index (χ0) is 14.8. The molecule has 114 valence electrons. The molecule has 0 spiro atoms. The molecule has 0 aliphatic heterocycles. The van der Waals surface area contributed by atoms with Gasteiger partial charge in [-0.2, -0.15) is 30.3 Å². The van der Waals surface area contributed by atoms with Crippen LogP contribution in [0.5, 0.6) is 0 Å². The second-order valence-electron chi connectivity index (χ2n) is 4.64. The number of hydrogen-bond acceptors (Lipinski definition) is 2. The normalized spacial score (nSPS) is 10.6. The summed E-state index contributed by atoms with van der Waals surface area (Å²) in [5.41, 5.74) is 1.51. The smallest absolute Gasteiger partial charge is 0.456 e. The molecule has 0 heterocycles. The Morgan fingerprint density at radius 2 is 1.95 bits per heavy atom. The molecule has 0 aliphatic carbocycles. The van der Waals surface area contributed by atoms with E-state index in [0.717, 1.165) is 18.4 Å². The van der Waals surface area contributed by atoms with Gasteiger partial charge in [-0.3, -0.25) is 0 Å². The summed E-state index contributed by atoms with van der Waals surface area (Å²) in [4.78, 5) is 11.4. The summed E-state index contributed by atoms with van der Waals surface area (Å²) in [5.74, 6) is -0.311. The Bertz CT molecular complexity index is 466. The van der Waals surface area contributed by atoms with Gasteiger partial charge < -0.3 is 4.74 Å². The first kappa shape index (κ1) is 19.4. The van der Waals surface area contributed by atoms with Crippen molar-refractivity contribution in [3.05, 3.63) is 72.3 Å². The van der Waals surface area contributed by atoms with Gasteiger partial charge in [0.1, 0.15) is 6.10 Å². The van der Waals surface area contributed by atoms with Gasteiger partial charge in [0, 0.05) is 5.57 Å². The molecule has 0 radical (unpaired) electrons. The summed E-state index contributed by atoms with van der Waals surface area (Å²) in [7, 11) is 0. The second kappa shape index (κ2) is 11.1. The molecule has 2 rings (SSSR count). The van der Waals surface area contributed by atoms with Crippen LogP contribution in [0.3, 0.4) is 0 Å². The van der Waals surface area contributed by atoms with Gasteiger partial charge in [0.25, 0.3) is 0 Å². The second-order valence-corrected chi connectivity index (χ2v) is 4.64. The van der Waals surface area contributed by atoms with E-state index < -0.39 is 0 Å². The van der Waals surface area contributed by atoms with Crippen molar-refractivity contribution in [3.63, 3.8) is 0 Å². The number of carbonyl (C=O) groups is 1. The molecule has 0 amide bonds. The van der Waals surface area contributed by atoms with Gasteiger partial charge in [-0.15, -0.1) is 5.56 Å². The van der Waals surface area contributed by atoms with E-state index in [9.17, 15) is 4.79 Å². The van der Waals surface area contributed by atoms with Gasteiger partial charge in [0.2, 0.25) is 0 Å². The molecule has 1 atom stereocenters. The first-order chi connectivity index (χ1) is 9.65. The Morgan fingerprint density at radius 3 is 2.33 bits per heavy atom. The molecule has 0 fully saturated rings. The van der Waals surface area contributed by atoms with Crippen LogP contribution < -0.4 is 0 Å². The monoisotopic (exact) mass is 326 g/mol. The van der Waals surface area contributed by atoms with Crippen LogP contribution >= 0.6 is 0 Å². The maximum absolute atomic E-state index is 11.4. The summed E-state index contributed by atoms with van der Waals surface area (Å²) in [5, 5.41) is 0. The molecule has 2 aromatic carbocycles. The maximum atomic E-state index is 11.4. The van der Waals surface area contributed by atoms with Gasteiger partial charge in [-0.25, -0.2) is 29.1 Å². The maximum Gasteiger partial charge on any atom is 2.00 e. The third kappa shape index (κ3) is 7.69. The predicted molar refractivity (Wildman–Crippen MR) is 82.6 cm³/mol. The van der Waals surface area contributed by atoms with Crippen molar-refractivity contribution in [1.29, 1.82) is 0 Å². The summed E-state index contributed by atoms with van der Waals surface area (Å²) < 4.78 is 5.36. The summed E-state index contributed by atoms with van der Waals surface area (Å²) in [6.07, 6.45) is 1.71. The minimum absolute atomic E-state index is 0. The van der Waals surface area contributed by atoms with Crippen molar-refractivity contribution in [2.45, 2.75) is 32.8 Å². The number of ether oxygens (including phenoxy) is 1. The van der Waals surface area contributed by atoms with Gasteiger partial charge in [-0.05, 0) is 13.3 Å². The van der Waals surface area contributed by atoms with Crippen molar-refractivity contribution in [1.82, 2.24) is 0 Å². The third-order valence-electron chi connectivity index (χ3n) is 2.76. The molecule has 2 nitrogen and oxygen atoms in total. The molecule has 0 saturated heterocycles. The quantitative estimate of drug-likeness (QED) is 0.342. The molecule has 1 unspecified atom stereocenters. The van der Waals surface area contributed by atoms with Crippen molar-refractivity contribution in [3.8, 4) is 0 Å². The Kier molecular flexibility index (Phi) is 10.3. The zero-order valence-corrected chi connectivity index (χ0v) is 13.7. The number of carbonyl (C=O) groups excluding carboxylic acids is 1. The van der Waals surface area contributed by atoms with E-state index in [0.29, 0.717) is 5.57 Å². The summed E-state index contributed by atoms with van der Waals surface area (Å²) in [6, 6.07) is 17.9. The summed E-state index contributed by atoms with van der Waals surface area (Å²) >= 11 is 0. The zero-order valence-electron chi connectivity index (χ0n) is 12.6. The van der Waals surface area contributed by atoms with Gasteiger partial charge in [-0.1, -0.05) is 19.9 Å². The largest absolute Gasteiger partial charge is 2.00 e. The molecular weight excluding hydrogens is 304 g/mol. The molecule has 21 heavy (non-hydrogen) atoms. The molecule has 3 heteroatoms. The van der Waals surface area contributed by atoms with E-state index in [1.807, 2.05) is 54.6 Å². The van der Waals surface area contributed by atoms with E-state index in [4.69, 9.17) is 4.74 Å².